The van der Waals surface area contributed by atoms with Gasteiger partial charge in [0.25, 0.3) is 5.91 Å². The molecule has 1 aromatic carbocycles. The van der Waals surface area contributed by atoms with Crippen LogP contribution in [0.2, 0.25) is 0 Å². The van der Waals surface area contributed by atoms with E-state index in [1.165, 1.54) is 13.8 Å². The molecule has 1 heterocycles. The van der Waals surface area contributed by atoms with Gasteiger partial charge in [-0.3, -0.25) is 4.79 Å². The summed E-state index contributed by atoms with van der Waals surface area (Å²) in [5, 5.41) is 9.07. The van der Waals surface area contributed by atoms with Crippen LogP contribution < -0.4 is 9.46 Å². The standard InChI is InChI=1S/C16H19F3N2O6S/c1-9(2)27-12-8-10(15(23)24)7-11(16(17,18)19)13(12)14(22)20-28(25,26)21-5-3-4-6-21/h7-9H,3-6H2,1-2H3,(H,20,22)(H,23,24). The van der Waals surface area contributed by atoms with Crippen LogP contribution >= 0.6 is 0 Å². The third-order valence-corrected chi connectivity index (χ3v) is 5.36. The second kappa shape index (κ2) is 7.95. The third kappa shape index (κ3) is 4.93. The van der Waals surface area contributed by atoms with Gasteiger partial charge in [0, 0.05) is 13.1 Å². The van der Waals surface area contributed by atoms with Crippen molar-refractivity contribution < 1.29 is 41.0 Å². The molecule has 12 heteroatoms. The van der Waals surface area contributed by atoms with E-state index in [0.29, 0.717) is 12.8 Å². The Morgan fingerprint density at radius 3 is 2.25 bits per heavy atom. The Morgan fingerprint density at radius 2 is 1.79 bits per heavy atom. The van der Waals surface area contributed by atoms with Gasteiger partial charge in [-0.1, -0.05) is 0 Å². The van der Waals surface area contributed by atoms with Gasteiger partial charge < -0.3 is 9.84 Å². The molecule has 1 saturated heterocycles. The number of rotatable bonds is 6. The number of aromatic carboxylic acids is 1. The minimum atomic E-state index is -5.12. The Labute approximate surface area is 159 Å². The van der Waals surface area contributed by atoms with Crippen LogP contribution in [0.4, 0.5) is 13.2 Å². The van der Waals surface area contributed by atoms with Gasteiger partial charge in [0.1, 0.15) is 5.75 Å². The summed E-state index contributed by atoms with van der Waals surface area (Å²) in [4.78, 5) is 23.7. The summed E-state index contributed by atoms with van der Waals surface area (Å²) in [7, 11) is -4.35. The number of amides is 1. The topological polar surface area (TPSA) is 113 Å². The van der Waals surface area contributed by atoms with E-state index in [2.05, 4.69) is 0 Å². The fraction of sp³-hybridized carbons (Fsp3) is 0.500. The Bertz CT molecular complexity index is 877. The highest BCUT2D eigenvalue weighted by Crippen LogP contribution is 2.38. The lowest BCUT2D eigenvalue weighted by Crippen LogP contribution is -2.42. The highest BCUT2D eigenvalue weighted by atomic mass is 32.2. The predicted molar refractivity (Wildman–Crippen MR) is 91.4 cm³/mol. The fourth-order valence-electron chi connectivity index (χ4n) is 2.70. The minimum absolute atomic E-state index is 0.141. The van der Waals surface area contributed by atoms with Gasteiger partial charge in [0.15, 0.2) is 0 Å². The van der Waals surface area contributed by atoms with Crippen molar-refractivity contribution in [2.24, 2.45) is 0 Å². The highest BCUT2D eigenvalue weighted by molar-refractivity contribution is 7.87. The van der Waals surface area contributed by atoms with Crippen molar-refractivity contribution in [3.63, 3.8) is 0 Å². The van der Waals surface area contributed by atoms with Crippen LogP contribution in [0, 0.1) is 0 Å². The maximum Gasteiger partial charge on any atom is 0.417 e. The molecule has 8 nitrogen and oxygen atoms in total. The molecule has 1 aliphatic heterocycles. The zero-order chi connectivity index (χ0) is 21.3. The Balaban J connectivity index is 2.58. The van der Waals surface area contributed by atoms with E-state index in [-0.39, 0.29) is 19.2 Å². The van der Waals surface area contributed by atoms with E-state index >= 15 is 0 Å². The third-order valence-electron chi connectivity index (χ3n) is 3.87. The summed E-state index contributed by atoms with van der Waals surface area (Å²) in [6.07, 6.45) is -4.69. The van der Waals surface area contributed by atoms with Crippen molar-refractivity contribution >= 4 is 22.1 Å². The number of nitrogens with zero attached hydrogens (tertiary/aromatic N) is 1. The number of carboxylic acid groups (broad SMARTS) is 1. The molecule has 156 valence electrons. The lowest BCUT2D eigenvalue weighted by atomic mass is 10.0. The predicted octanol–water partition coefficient (Wildman–Crippen LogP) is 2.26. The number of nitrogens with one attached hydrogen (secondary N) is 1. The summed E-state index contributed by atoms with van der Waals surface area (Å²) < 4.78 is 72.8. The second-order valence-corrected chi connectivity index (χ2v) is 8.08. The lowest BCUT2D eigenvalue weighted by Gasteiger charge is -2.21. The van der Waals surface area contributed by atoms with Crippen LogP contribution in [-0.2, 0) is 16.4 Å². The van der Waals surface area contributed by atoms with Gasteiger partial charge in [-0.25, -0.2) is 9.52 Å². The van der Waals surface area contributed by atoms with Crippen molar-refractivity contribution in [2.75, 3.05) is 13.1 Å². The molecule has 0 bridgehead atoms. The van der Waals surface area contributed by atoms with Crippen molar-refractivity contribution in [1.82, 2.24) is 9.03 Å². The van der Waals surface area contributed by atoms with Crippen LogP contribution in [0.3, 0.4) is 0 Å². The van der Waals surface area contributed by atoms with Crippen molar-refractivity contribution in [3.05, 3.63) is 28.8 Å². The number of hydrogen-bond acceptors (Lipinski definition) is 5. The average Bonchev–Trinajstić information content (AvgIpc) is 3.07. The van der Waals surface area contributed by atoms with Gasteiger partial charge in [-0.15, -0.1) is 0 Å². The quantitative estimate of drug-likeness (QED) is 0.724. The summed E-state index contributed by atoms with van der Waals surface area (Å²) in [6, 6.07) is 1.03. The number of hydrogen-bond donors (Lipinski definition) is 2. The number of benzene rings is 1. The first kappa shape index (κ1) is 22.0. The van der Waals surface area contributed by atoms with Crippen molar-refractivity contribution in [2.45, 2.75) is 39.0 Å². The van der Waals surface area contributed by atoms with Crippen LogP contribution in [-0.4, -0.2) is 48.9 Å². The summed E-state index contributed by atoms with van der Waals surface area (Å²) >= 11 is 0. The summed E-state index contributed by atoms with van der Waals surface area (Å²) in [5.74, 6) is -3.88. The van der Waals surface area contributed by atoms with Gasteiger partial charge in [-0.05, 0) is 38.8 Å². The molecule has 0 spiro atoms. The number of carbonyl (C=O) groups excluding carboxylic acids is 1. The number of alkyl halides is 3. The second-order valence-electron chi connectivity index (χ2n) is 6.41. The first-order valence-electron chi connectivity index (χ1n) is 8.30. The van der Waals surface area contributed by atoms with E-state index in [0.717, 1.165) is 10.4 Å². The lowest BCUT2D eigenvalue weighted by molar-refractivity contribution is -0.138. The number of carboxylic acids is 1. The molecule has 0 unspecified atom stereocenters. The molecule has 1 aromatic rings. The normalized spacial score (nSPS) is 15.6. The minimum Gasteiger partial charge on any atom is -0.490 e. The molecule has 2 N–H and O–H groups in total. The molecule has 2 rings (SSSR count). The summed E-state index contributed by atoms with van der Waals surface area (Å²) in [6.45, 7) is 3.21. The molecule has 0 aromatic heterocycles. The Kier molecular flexibility index (Phi) is 6.24. The molecule has 0 saturated carbocycles. The van der Waals surface area contributed by atoms with Crippen LogP contribution in [0.15, 0.2) is 12.1 Å². The Hall–Kier alpha value is -2.34. The average molecular weight is 424 g/mol. The molecule has 28 heavy (non-hydrogen) atoms. The molecule has 1 fully saturated rings. The molecule has 1 aliphatic rings. The fourth-order valence-corrected chi connectivity index (χ4v) is 3.91. The van der Waals surface area contributed by atoms with Gasteiger partial charge >= 0.3 is 22.4 Å². The molecular weight excluding hydrogens is 405 g/mol. The van der Waals surface area contributed by atoms with Gasteiger partial charge in [0.05, 0.1) is 22.8 Å². The number of ether oxygens (including phenoxy) is 1. The van der Waals surface area contributed by atoms with Crippen molar-refractivity contribution in [3.8, 4) is 5.75 Å². The first-order chi connectivity index (χ1) is 12.8. The SMILES string of the molecule is CC(C)Oc1cc(C(=O)O)cc(C(F)(F)F)c1C(=O)NS(=O)(=O)N1CCCC1. The zero-order valence-corrected chi connectivity index (χ0v) is 15.9. The van der Waals surface area contributed by atoms with E-state index in [1.807, 2.05) is 0 Å². The van der Waals surface area contributed by atoms with E-state index < -0.39 is 56.8 Å². The van der Waals surface area contributed by atoms with Crippen LogP contribution in [0.25, 0.3) is 0 Å². The molecule has 0 atom stereocenters. The molecule has 0 aliphatic carbocycles. The zero-order valence-electron chi connectivity index (χ0n) is 15.0. The first-order valence-corrected chi connectivity index (χ1v) is 9.74. The maximum absolute atomic E-state index is 13.5. The highest BCUT2D eigenvalue weighted by Gasteiger charge is 2.40. The van der Waals surface area contributed by atoms with Gasteiger partial charge in [0.2, 0.25) is 0 Å². The number of carbonyl (C=O) groups is 2. The summed E-state index contributed by atoms with van der Waals surface area (Å²) in [5.41, 5.74) is -3.44. The van der Waals surface area contributed by atoms with Crippen LogP contribution in [0.1, 0.15) is 53.0 Å². The monoisotopic (exact) mass is 424 g/mol. The van der Waals surface area contributed by atoms with Crippen molar-refractivity contribution in [1.29, 1.82) is 0 Å². The maximum atomic E-state index is 13.5. The van der Waals surface area contributed by atoms with E-state index in [4.69, 9.17) is 9.84 Å². The van der Waals surface area contributed by atoms with E-state index in [9.17, 15) is 31.2 Å². The van der Waals surface area contributed by atoms with Crippen LogP contribution in [0.5, 0.6) is 5.75 Å². The molecule has 1 amide bonds. The molecule has 0 radical (unpaired) electrons. The Morgan fingerprint density at radius 1 is 1.21 bits per heavy atom. The molecular formula is C16H19F3N2O6S. The largest absolute Gasteiger partial charge is 0.490 e. The smallest absolute Gasteiger partial charge is 0.417 e. The van der Waals surface area contributed by atoms with Gasteiger partial charge in [-0.2, -0.15) is 25.9 Å². The van der Waals surface area contributed by atoms with E-state index in [1.54, 1.807) is 4.72 Å². The number of halogens is 3.